The average molecular weight is 406 g/mol. The Hall–Kier alpha value is -1.22. The number of carbonyl (C=O) groups is 1. The van der Waals surface area contributed by atoms with Crippen LogP contribution in [0.5, 0.6) is 0 Å². The molecule has 0 heterocycles. The van der Waals surface area contributed by atoms with Gasteiger partial charge in [0, 0.05) is 18.1 Å². The molecule has 0 bridgehead atoms. The summed E-state index contributed by atoms with van der Waals surface area (Å²) >= 11 is 3.23. The Morgan fingerprint density at radius 3 is 2.74 bits per heavy atom. The van der Waals surface area contributed by atoms with E-state index in [2.05, 4.69) is 20.7 Å². The number of ether oxygens (including phenoxy) is 2. The van der Waals surface area contributed by atoms with Gasteiger partial charge >= 0.3 is 5.97 Å². The number of methoxy groups -OCH3 is 1. The molecule has 0 atom stereocenters. The summed E-state index contributed by atoms with van der Waals surface area (Å²) in [6.07, 6.45) is 4.46. The molecule has 1 rings (SSSR count). The molecule has 0 saturated heterocycles. The van der Waals surface area contributed by atoms with Gasteiger partial charge in [0.15, 0.2) is 0 Å². The van der Waals surface area contributed by atoms with E-state index in [-0.39, 0.29) is 30.2 Å². The van der Waals surface area contributed by atoms with Crippen LogP contribution in [0.25, 0.3) is 0 Å². The Morgan fingerprint density at radius 1 is 1.35 bits per heavy atom. The predicted octanol–water partition coefficient (Wildman–Crippen LogP) is 2.50. The number of benzene rings is 1. The zero-order valence-electron chi connectivity index (χ0n) is 13.0. The van der Waals surface area contributed by atoms with Crippen molar-refractivity contribution in [2.45, 2.75) is 18.2 Å². The number of rotatable bonds is 9. The largest absolute Gasteiger partial charge is 0.458 e. The second-order valence-electron chi connectivity index (χ2n) is 4.51. The highest BCUT2D eigenvalue weighted by Crippen LogP contribution is 2.22. The number of hydrogen-bond acceptors (Lipinski definition) is 5. The van der Waals surface area contributed by atoms with Gasteiger partial charge in [-0.15, -0.1) is 0 Å². The number of hydrogen-bond donors (Lipinski definition) is 1. The molecule has 0 aliphatic carbocycles. The van der Waals surface area contributed by atoms with Crippen LogP contribution in [-0.2, 0) is 19.5 Å². The van der Waals surface area contributed by atoms with E-state index < -0.39 is 16.0 Å². The van der Waals surface area contributed by atoms with Gasteiger partial charge in [0.1, 0.15) is 6.61 Å². The third-order valence-corrected chi connectivity index (χ3v) is 4.93. The van der Waals surface area contributed by atoms with Gasteiger partial charge in [-0.1, -0.05) is 19.1 Å². The average Bonchev–Trinajstić information content (AvgIpc) is 2.51. The first-order chi connectivity index (χ1) is 10.9. The minimum Gasteiger partial charge on any atom is -0.458 e. The van der Waals surface area contributed by atoms with Crippen LogP contribution in [0.15, 0.2) is 39.7 Å². The zero-order chi connectivity index (χ0) is 17.3. The van der Waals surface area contributed by atoms with Gasteiger partial charge in [-0.2, -0.15) is 0 Å². The molecule has 0 radical (unpaired) electrons. The fourth-order valence-corrected chi connectivity index (χ4v) is 3.07. The molecule has 0 fully saturated rings. The lowest BCUT2D eigenvalue weighted by atomic mass is 10.2. The van der Waals surface area contributed by atoms with Crippen molar-refractivity contribution in [2.24, 2.45) is 0 Å². The van der Waals surface area contributed by atoms with Crippen LogP contribution < -0.4 is 4.72 Å². The maximum atomic E-state index is 12.1. The Morgan fingerprint density at radius 2 is 2.09 bits per heavy atom. The smallest absolute Gasteiger partial charge is 0.339 e. The van der Waals surface area contributed by atoms with Crippen molar-refractivity contribution in [3.8, 4) is 0 Å². The maximum absolute atomic E-state index is 12.1. The zero-order valence-corrected chi connectivity index (χ0v) is 15.4. The van der Waals surface area contributed by atoms with Crippen molar-refractivity contribution < 1.29 is 22.7 Å². The maximum Gasteiger partial charge on any atom is 0.339 e. The number of esters is 1. The molecular weight excluding hydrogens is 386 g/mol. The number of allylic oxidation sites excluding steroid dienone is 1. The Labute approximate surface area is 145 Å². The molecule has 0 unspecified atom stereocenters. The van der Waals surface area contributed by atoms with Crippen molar-refractivity contribution in [3.63, 3.8) is 0 Å². The summed E-state index contributed by atoms with van der Waals surface area (Å²) in [4.78, 5) is 12.0. The fourth-order valence-electron chi connectivity index (χ4n) is 1.63. The first-order valence-corrected chi connectivity index (χ1v) is 9.30. The highest BCUT2D eigenvalue weighted by molar-refractivity contribution is 9.10. The fraction of sp³-hybridized carbons (Fsp3) is 0.400. The Balaban J connectivity index is 2.90. The summed E-state index contributed by atoms with van der Waals surface area (Å²) in [5.41, 5.74) is 0.157. The lowest BCUT2D eigenvalue weighted by Crippen LogP contribution is -2.27. The molecule has 0 aliphatic heterocycles. The Bertz CT molecular complexity index is 658. The van der Waals surface area contributed by atoms with E-state index in [0.29, 0.717) is 4.47 Å². The highest BCUT2D eigenvalue weighted by Gasteiger charge is 2.18. The van der Waals surface area contributed by atoms with E-state index >= 15 is 0 Å². The third-order valence-electron chi connectivity index (χ3n) is 2.78. The number of carbonyl (C=O) groups excluding carboxylic acids is 1. The van der Waals surface area contributed by atoms with Gasteiger partial charge in [-0.25, -0.2) is 17.9 Å². The van der Waals surface area contributed by atoms with Gasteiger partial charge < -0.3 is 9.47 Å². The normalized spacial score (nSPS) is 11.8. The lowest BCUT2D eigenvalue weighted by molar-refractivity contribution is 0.0548. The van der Waals surface area contributed by atoms with Crippen molar-refractivity contribution in [3.05, 3.63) is 40.4 Å². The molecule has 1 aromatic carbocycles. The molecule has 128 valence electrons. The third kappa shape index (κ3) is 6.42. The SMILES string of the molecule is CC/C=C/COC(=O)c1cc(S(=O)(=O)NCCOC)ccc1Br. The molecule has 0 spiro atoms. The standard InChI is InChI=1S/C15H20BrNO5S/c1-3-4-5-9-22-15(18)13-11-12(6-7-14(13)16)23(19,20)17-8-10-21-2/h4-7,11,17H,3,8-10H2,1-2H3/b5-4+. The molecular formula is C15H20BrNO5S. The molecule has 8 heteroatoms. The van der Waals surface area contributed by atoms with Crippen LogP contribution in [0, 0.1) is 0 Å². The summed E-state index contributed by atoms with van der Waals surface area (Å²) in [6.45, 7) is 2.52. The minimum absolute atomic E-state index is 0.00662. The van der Waals surface area contributed by atoms with Crippen molar-refractivity contribution in [1.82, 2.24) is 4.72 Å². The molecule has 1 aromatic rings. The number of sulfonamides is 1. The lowest BCUT2D eigenvalue weighted by Gasteiger charge is -2.09. The van der Waals surface area contributed by atoms with Crippen molar-refractivity contribution >= 4 is 31.9 Å². The number of nitrogens with one attached hydrogen (secondary N) is 1. The van der Waals surface area contributed by atoms with Crippen molar-refractivity contribution in [1.29, 1.82) is 0 Å². The predicted molar refractivity (Wildman–Crippen MR) is 90.9 cm³/mol. The summed E-state index contributed by atoms with van der Waals surface area (Å²) in [5.74, 6) is -0.591. The molecule has 0 aliphatic rings. The van der Waals surface area contributed by atoms with Crippen LogP contribution in [0.2, 0.25) is 0 Å². The molecule has 0 aromatic heterocycles. The van der Waals surface area contributed by atoms with Gasteiger partial charge in [-0.3, -0.25) is 0 Å². The Kier molecular flexibility index (Phi) is 8.46. The molecule has 0 amide bonds. The van der Waals surface area contributed by atoms with Crippen LogP contribution in [0.3, 0.4) is 0 Å². The second kappa shape index (κ2) is 9.82. The summed E-state index contributed by atoms with van der Waals surface area (Å²) in [6, 6.07) is 4.20. The van der Waals surface area contributed by atoms with E-state index in [1.54, 1.807) is 6.08 Å². The van der Waals surface area contributed by atoms with E-state index in [0.717, 1.165) is 6.42 Å². The van der Waals surface area contributed by atoms with Gasteiger partial charge in [0.25, 0.3) is 0 Å². The first-order valence-electron chi connectivity index (χ1n) is 7.02. The quantitative estimate of drug-likeness (QED) is 0.387. The van der Waals surface area contributed by atoms with E-state index in [4.69, 9.17) is 9.47 Å². The van der Waals surface area contributed by atoms with Gasteiger partial charge in [0.2, 0.25) is 10.0 Å². The first kappa shape index (κ1) is 19.8. The van der Waals surface area contributed by atoms with Crippen LogP contribution in [0.1, 0.15) is 23.7 Å². The van der Waals surface area contributed by atoms with E-state index in [1.807, 2.05) is 13.0 Å². The van der Waals surface area contributed by atoms with Crippen LogP contribution in [-0.4, -0.2) is 41.3 Å². The van der Waals surface area contributed by atoms with E-state index in [9.17, 15) is 13.2 Å². The van der Waals surface area contributed by atoms with Crippen molar-refractivity contribution in [2.75, 3.05) is 26.9 Å². The molecule has 23 heavy (non-hydrogen) atoms. The molecule has 6 nitrogen and oxygen atoms in total. The molecule has 0 saturated carbocycles. The van der Waals surface area contributed by atoms with Crippen LogP contribution >= 0.6 is 15.9 Å². The monoisotopic (exact) mass is 405 g/mol. The highest BCUT2D eigenvalue weighted by atomic mass is 79.9. The van der Waals surface area contributed by atoms with Crippen LogP contribution in [0.4, 0.5) is 0 Å². The van der Waals surface area contributed by atoms with Gasteiger partial charge in [-0.05, 0) is 40.5 Å². The minimum atomic E-state index is -3.71. The molecule has 1 N–H and O–H groups in total. The summed E-state index contributed by atoms with van der Waals surface area (Å²) in [7, 11) is -2.23. The number of halogens is 1. The van der Waals surface area contributed by atoms with Gasteiger partial charge in [0.05, 0.1) is 17.1 Å². The topological polar surface area (TPSA) is 81.7 Å². The van der Waals surface area contributed by atoms with E-state index in [1.165, 1.54) is 25.3 Å². The summed E-state index contributed by atoms with van der Waals surface area (Å²) < 4.78 is 37.0. The second-order valence-corrected chi connectivity index (χ2v) is 7.13. The summed E-state index contributed by atoms with van der Waals surface area (Å²) in [5, 5.41) is 0.